The molecule has 0 bridgehead atoms. The summed E-state index contributed by atoms with van der Waals surface area (Å²) in [6, 6.07) is 4.99. The number of carboxylic acids is 1. The number of aromatic hydroxyl groups is 1. The van der Waals surface area contributed by atoms with Crippen molar-refractivity contribution in [2.75, 3.05) is 12.0 Å². The van der Waals surface area contributed by atoms with E-state index in [9.17, 15) is 29.1 Å². The highest BCUT2D eigenvalue weighted by Gasteiger charge is 2.76. The van der Waals surface area contributed by atoms with Gasteiger partial charge >= 0.3 is 5.97 Å². The lowest BCUT2D eigenvalue weighted by Crippen LogP contribution is -2.60. The Balaban J connectivity index is 1.69. The van der Waals surface area contributed by atoms with E-state index in [4.69, 9.17) is 28.3 Å². The van der Waals surface area contributed by atoms with Gasteiger partial charge in [-0.15, -0.1) is 23.2 Å². The number of hydrogen-bond acceptors (Lipinski definition) is 6. The second kappa shape index (κ2) is 8.81. The first-order chi connectivity index (χ1) is 17.4. The number of imide groups is 2. The third kappa shape index (κ3) is 3.37. The van der Waals surface area contributed by atoms with Gasteiger partial charge in [-0.1, -0.05) is 45.8 Å². The fraction of sp³-hybridized carbons (Fsp3) is 0.480. The number of hydrogen-bond donors (Lipinski definition) is 2. The summed E-state index contributed by atoms with van der Waals surface area (Å²) in [5.74, 6) is -7.10. The van der Waals surface area contributed by atoms with Gasteiger partial charge in [0.05, 0.1) is 23.7 Å². The monoisotopic (exact) mass is 612 g/mol. The van der Waals surface area contributed by atoms with Gasteiger partial charge in [0, 0.05) is 18.0 Å². The fourth-order valence-corrected chi connectivity index (χ4v) is 7.92. The van der Waals surface area contributed by atoms with Crippen LogP contribution >= 0.6 is 39.1 Å². The molecule has 12 heteroatoms. The minimum absolute atomic E-state index is 0.107. The van der Waals surface area contributed by atoms with Crippen LogP contribution in [0.2, 0.25) is 0 Å². The summed E-state index contributed by atoms with van der Waals surface area (Å²) < 4.78 is 0. The Hall–Kier alpha value is -2.43. The summed E-state index contributed by atoms with van der Waals surface area (Å²) in [5.41, 5.74) is 1.24. The van der Waals surface area contributed by atoms with Crippen molar-refractivity contribution in [2.24, 2.45) is 17.8 Å². The van der Waals surface area contributed by atoms with Crippen LogP contribution in [0.25, 0.3) is 0 Å². The van der Waals surface area contributed by atoms with Gasteiger partial charge in [0.2, 0.25) is 11.8 Å². The third-order valence-electron chi connectivity index (χ3n) is 8.24. The minimum atomic E-state index is -1.99. The fourth-order valence-electron chi connectivity index (χ4n) is 6.51. The Kier molecular flexibility index (Phi) is 6.24. The van der Waals surface area contributed by atoms with Crippen LogP contribution < -0.4 is 0 Å². The third-order valence-corrected chi connectivity index (χ3v) is 10.2. The Bertz CT molecular complexity index is 1300. The van der Waals surface area contributed by atoms with E-state index in [1.54, 1.807) is 31.2 Å². The Morgan fingerprint density at radius 3 is 2.46 bits per heavy atom. The number of phenolic OH excluding ortho intramolecular Hbond substituents is 1. The quantitative estimate of drug-likeness (QED) is 0.226. The van der Waals surface area contributed by atoms with E-state index in [1.807, 2.05) is 0 Å². The molecule has 5 rings (SSSR count). The van der Waals surface area contributed by atoms with Gasteiger partial charge in [0.1, 0.15) is 5.75 Å². The Morgan fingerprint density at radius 2 is 1.81 bits per heavy atom. The molecule has 6 unspecified atom stereocenters. The largest absolute Gasteiger partial charge is 0.507 e. The first-order valence-corrected chi connectivity index (χ1v) is 13.6. The van der Waals surface area contributed by atoms with Crippen LogP contribution in [-0.2, 0) is 24.0 Å². The number of halogens is 3. The second-order valence-corrected chi connectivity index (χ2v) is 11.7. The van der Waals surface area contributed by atoms with E-state index < -0.39 is 63.0 Å². The summed E-state index contributed by atoms with van der Waals surface area (Å²) in [6.45, 7) is 1.43. The van der Waals surface area contributed by atoms with Crippen molar-refractivity contribution in [2.45, 2.75) is 41.9 Å². The lowest BCUT2D eigenvalue weighted by molar-refractivity contribution is -0.143. The first kappa shape index (κ1) is 26.2. The number of para-hydroxylation sites is 1. The van der Waals surface area contributed by atoms with Gasteiger partial charge in [0.15, 0.2) is 9.75 Å². The summed E-state index contributed by atoms with van der Waals surface area (Å²) in [5, 5.41) is 20.1. The number of phenols is 1. The van der Waals surface area contributed by atoms with Crippen molar-refractivity contribution in [3.63, 3.8) is 0 Å². The molecule has 6 atom stereocenters. The number of carbonyl (C=O) groups is 5. The van der Waals surface area contributed by atoms with Gasteiger partial charge in [0.25, 0.3) is 11.8 Å². The molecular formula is C25H23BrCl2N2O7. The van der Waals surface area contributed by atoms with Crippen LogP contribution in [0.1, 0.15) is 36.3 Å². The van der Waals surface area contributed by atoms with E-state index in [0.29, 0.717) is 16.7 Å². The molecule has 4 amide bonds. The number of nitrogens with zero attached hydrogens (tertiary/aromatic N) is 2. The number of fused-ring (bicyclic) bond motifs is 4. The second-order valence-electron chi connectivity index (χ2n) is 9.97. The molecule has 196 valence electrons. The molecule has 2 saturated heterocycles. The van der Waals surface area contributed by atoms with Crippen molar-refractivity contribution >= 4 is 68.7 Å². The molecule has 4 aliphatic rings. The maximum Gasteiger partial charge on any atom is 0.305 e. The predicted molar refractivity (Wildman–Crippen MR) is 135 cm³/mol. The highest BCUT2D eigenvalue weighted by Crippen LogP contribution is 2.66. The maximum atomic E-state index is 13.7. The van der Waals surface area contributed by atoms with Crippen LogP contribution in [0, 0.1) is 24.7 Å². The normalized spacial score (nSPS) is 34.9. The van der Waals surface area contributed by atoms with Gasteiger partial charge in [-0.3, -0.25) is 33.8 Å². The van der Waals surface area contributed by atoms with Crippen molar-refractivity contribution < 1.29 is 34.2 Å². The number of likely N-dealkylation sites (tertiary alicyclic amines) is 2. The summed E-state index contributed by atoms with van der Waals surface area (Å²) in [4.78, 5) is 62.9. The molecule has 2 N–H and O–H groups in total. The zero-order valence-corrected chi connectivity index (χ0v) is 22.7. The molecule has 1 saturated carbocycles. The topological polar surface area (TPSA) is 132 Å². The molecule has 2 aliphatic heterocycles. The van der Waals surface area contributed by atoms with E-state index in [1.165, 1.54) is 0 Å². The Labute approximate surface area is 230 Å². The van der Waals surface area contributed by atoms with Crippen molar-refractivity contribution in [1.82, 2.24) is 9.80 Å². The number of aryl methyl sites for hydroxylation is 1. The standard InChI is InChI=1S/C25H23BrCl2N2O7/c1-11-3-2-4-14(19(11)33)18-12-5-6-13-17(21(35)29(20(13)34)8-7-16(31)32)15(12)9-24(27)22(36)30(10-26)23(37)25(18,24)28/h2-5,13,15,17-18,33H,6-10H2,1H3,(H,31,32). The highest BCUT2D eigenvalue weighted by molar-refractivity contribution is 9.09. The van der Waals surface area contributed by atoms with E-state index in [-0.39, 0.29) is 37.0 Å². The maximum absolute atomic E-state index is 13.7. The van der Waals surface area contributed by atoms with Crippen molar-refractivity contribution in [1.29, 1.82) is 0 Å². The zero-order chi connectivity index (χ0) is 27.0. The van der Waals surface area contributed by atoms with Gasteiger partial charge in [-0.05, 0) is 31.2 Å². The molecule has 2 heterocycles. The van der Waals surface area contributed by atoms with Crippen molar-refractivity contribution in [3.8, 4) is 5.75 Å². The minimum Gasteiger partial charge on any atom is -0.507 e. The average molecular weight is 614 g/mol. The lowest BCUT2D eigenvalue weighted by Gasteiger charge is -2.50. The summed E-state index contributed by atoms with van der Waals surface area (Å²) in [6.07, 6.45) is 1.37. The lowest BCUT2D eigenvalue weighted by atomic mass is 9.56. The van der Waals surface area contributed by atoms with Crippen LogP contribution in [0.4, 0.5) is 0 Å². The molecule has 37 heavy (non-hydrogen) atoms. The molecule has 2 aliphatic carbocycles. The number of amides is 4. The molecule has 1 aromatic carbocycles. The average Bonchev–Trinajstić information content (AvgIpc) is 3.17. The number of rotatable bonds is 5. The SMILES string of the molecule is Cc1cccc(C2C3=CCC4C(=O)N(CCC(=O)O)C(=O)C4C3CC3(Cl)C(=O)N(CBr)C(=O)C23Cl)c1O. The van der Waals surface area contributed by atoms with Crippen LogP contribution in [-0.4, -0.2) is 71.4 Å². The smallest absolute Gasteiger partial charge is 0.305 e. The summed E-state index contributed by atoms with van der Waals surface area (Å²) >= 11 is 17.4. The van der Waals surface area contributed by atoms with Crippen LogP contribution in [0.5, 0.6) is 5.75 Å². The van der Waals surface area contributed by atoms with Crippen LogP contribution in [0.15, 0.2) is 29.8 Å². The Morgan fingerprint density at radius 1 is 1.11 bits per heavy atom. The zero-order valence-electron chi connectivity index (χ0n) is 19.6. The molecule has 0 radical (unpaired) electrons. The first-order valence-electron chi connectivity index (χ1n) is 11.8. The van der Waals surface area contributed by atoms with Crippen molar-refractivity contribution in [3.05, 3.63) is 41.0 Å². The highest BCUT2D eigenvalue weighted by atomic mass is 79.9. The van der Waals surface area contributed by atoms with Gasteiger partial charge < -0.3 is 10.2 Å². The molecule has 0 aromatic heterocycles. The number of allylic oxidation sites excluding steroid dienone is 2. The molecule has 9 nitrogen and oxygen atoms in total. The number of aliphatic carboxylic acids is 1. The van der Waals surface area contributed by atoms with Crippen LogP contribution in [0.3, 0.4) is 0 Å². The number of benzene rings is 1. The number of alkyl halides is 3. The number of carbonyl (C=O) groups excluding carboxylic acids is 4. The molecule has 0 spiro atoms. The number of carboxylic acid groups (broad SMARTS) is 1. The van der Waals surface area contributed by atoms with Gasteiger partial charge in [-0.2, -0.15) is 0 Å². The predicted octanol–water partition coefficient (Wildman–Crippen LogP) is 2.89. The van der Waals surface area contributed by atoms with E-state index >= 15 is 0 Å². The summed E-state index contributed by atoms with van der Waals surface area (Å²) in [7, 11) is 0. The molecular weight excluding hydrogens is 591 g/mol. The molecule has 3 fully saturated rings. The molecule has 1 aromatic rings. The van der Waals surface area contributed by atoms with E-state index in [0.717, 1.165) is 9.80 Å². The van der Waals surface area contributed by atoms with E-state index in [2.05, 4.69) is 15.9 Å². The van der Waals surface area contributed by atoms with Gasteiger partial charge in [-0.25, -0.2) is 0 Å².